The first-order chi connectivity index (χ1) is 18.7. The molecule has 0 aliphatic heterocycles. The number of carbonyl (C=O) groups is 1. The normalized spacial score (nSPS) is 11.6. The summed E-state index contributed by atoms with van der Waals surface area (Å²) in [6.45, 7) is 6.06. The minimum absolute atomic E-state index is 0.155. The molecule has 3 rings (SSSR count). The third-order valence-corrected chi connectivity index (χ3v) is 5.67. The lowest BCUT2D eigenvalue weighted by Crippen LogP contribution is -2.24. The first kappa shape index (κ1) is 28.6. The second-order valence-corrected chi connectivity index (χ2v) is 8.37. The number of ether oxygens (including phenoxy) is 3. The number of rotatable bonds is 13. The number of hydrazone groups is 1. The second-order valence-electron chi connectivity index (χ2n) is 8.37. The van der Waals surface area contributed by atoms with E-state index in [1.54, 1.807) is 19.1 Å². The number of nitro groups is 2. The molecule has 1 atom stereocenters. The molecule has 12 nitrogen and oxygen atoms in total. The van der Waals surface area contributed by atoms with Crippen LogP contribution in [0.25, 0.3) is 0 Å². The van der Waals surface area contributed by atoms with E-state index in [1.165, 1.54) is 17.8 Å². The van der Waals surface area contributed by atoms with Crippen LogP contribution in [0.1, 0.15) is 44.2 Å². The Morgan fingerprint density at radius 2 is 1.67 bits per heavy atom. The van der Waals surface area contributed by atoms with Crippen LogP contribution in [0.4, 0.5) is 11.4 Å². The molecule has 3 aromatic carbocycles. The van der Waals surface area contributed by atoms with Crippen molar-refractivity contribution in [2.45, 2.75) is 33.1 Å². The van der Waals surface area contributed by atoms with Crippen LogP contribution in [0.15, 0.2) is 65.8 Å². The van der Waals surface area contributed by atoms with Crippen LogP contribution < -0.4 is 19.6 Å². The van der Waals surface area contributed by atoms with E-state index in [9.17, 15) is 25.0 Å². The standard InChI is InChI=1S/C27H28N4O8/c1-4-18(3)20-7-10-22(11-8-20)38-17-27(32)29-28-16-19-6-12-25(26(14-19)37-5-2)39-24-13-9-21(30(33)34)15-23(24)31(35)36/h6-16,18H,4-5,17H2,1-3H3,(H,29,32)/b28-16+. The molecule has 12 heteroatoms. The van der Waals surface area contributed by atoms with Crippen molar-refractivity contribution < 1.29 is 28.9 Å². The quantitative estimate of drug-likeness (QED) is 0.165. The predicted molar refractivity (Wildman–Crippen MR) is 144 cm³/mol. The van der Waals surface area contributed by atoms with Gasteiger partial charge >= 0.3 is 5.69 Å². The SMILES string of the molecule is CCOc1cc(/C=N/NC(=O)COc2ccc(C(C)CC)cc2)ccc1Oc1ccc([N+](=O)[O-])cc1[N+](=O)[O-]. The van der Waals surface area contributed by atoms with E-state index in [1.807, 2.05) is 24.3 Å². The van der Waals surface area contributed by atoms with E-state index in [-0.39, 0.29) is 30.5 Å². The van der Waals surface area contributed by atoms with Crippen LogP contribution in [-0.4, -0.2) is 35.2 Å². The highest BCUT2D eigenvalue weighted by atomic mass is 16.6. The van der Waals surface area contributed by atoms with Crippen LogP contribution in [0.3, 0.4) is 0 Å². The number of nitro benzene ring substituents is 2. The number of benzene rings is 3. The number of hydrogen-bond donors (Lipinski definition) is 1. The van der Waals surface area contributed by atoms with E-state index in [0.29, 0.717) is 17.2 Å². The monoisotopic (exact) mass is 536 g/mol. The van der Waals surface area contributed by atoms with Crippen LogP contribution in [-0.2, 0) is 4.79 Å². The zero-order valence-corrected chi connectivity index (χ0v) is 21.7. The summed E-state index contributed by atoms with van der Waals surface area (Å²) in [6, 6.07) is 15.4. The van der Waals surface area contributed by atoms with Gasteiger partial charge in [0.25, 0.3) is 11.6 Å². The molecule has 0 aliphatic carbocycles. The van der Waals surface area contributed by atoms with Crippen molar-refractivity contribution in [3.8, 4) is 23.0 Å². The Hall–Kier alpha value is -5.00. The fourth-order valence-electron chi connectivity index (χ4n) is 3.41. The van der Waals surface area contributed by atoms with Crippen molar-refractivity contribution in [3.05, 3.63) is 92.0 Å². The molecule has 0 radical (unpaired) electrons. The summed E-state index contributed by atoms with van der Waals surface area (Å²) in [6.07, 6.45) is 2.42. The van der Waals surface area contributed by atoms with Gasteiger partial charge in [-0.05, 0) is 66.8 Å². The summed E-state index contributed by atoms with van der Waals surface area (Å²) in [4.78, 5) is 33.0. The minimum Gasteiger partial charge on any atom is -0.490 e. The number of non-ortho nitro benzene ring substituents is 1. The van der Waals surface area contributed by atoms with Gasteiger partial charge in [0.2, 0.25) is 5.75 Å². The summed E-state index contributed by atoms with van der Waals surface area (Å²) >= 11 is 0. The molecule has 1 amide bonds. The second kappa shape index (κ2) is 13.5. The molecule has 1 N–H and O–H groups in total. The number of nitrogens with one attached hydrogen (secondary N) is 1. The van der Waals surface area contributed by atoms with Crippen molar-refractivity contribution in [1.29, 1.82) is 0 Å². The molecule has 204 valence electrons. The Morgan fingerprint density at radius 3 is 2.31 bits per heavy atom. The maximum atomic E-state index is 12.1. The predicted octanol–water partition coefficient (Wildman–Crippen LogP) is 5.74. The van der Waals surface area contributed by atoms with Gasteiger partial charge in [0.15, 0.2) is 18.1 Å². The van der Waals surface area contributed by atoms with Crippen molar-refractivity contribution in [2.75, 3.05) is 13.2 Å². The molecule has 0 fully saturated rings. The van der Waals surface area contributed by atoms with Gasteiger partial charge in [-0.1, -0.05) is 26.0 Å². The van der Waals surface area contributed by atoms with Gasteiger partial charge < -0.3 is 14.2 Å². The highest BCUT2D eigenvalue weighted by Gasteiger charge is 2.22. The number of nitrogens with zero attached hydrogens (tertiary/aromatic N) is 3. The van der Waals surface area contributed by atoms with Gasteiger partial charge in [0, 0.05) is 6.07 Å². The van der Waals surface area contributed by atoms with Crippen LogP contribution >= 0.6 is 0 Å². The first-order valence-corrected chi connectivity index (χ1v) is 12.1. The molecular weight excluding hydrogens is 508 g/mol. The topological polar surface area (TPSA) is 155 Å². The van der Waals surface area contributed by atoms with E-state index in [0.717, 1.165) is 24.6 Å². The van der Waals surface area contributed by atoms with Crippen LogP contribution in [0.2, 0.25) is 0 Å². The Balaban J connectivity index is 1.64. The highest BCUT2D eigenvalue weighted by Crippen LogP contribution is 2.38. The largest absolute Gasteiger partial charge is 0.490 e. The number of carbonyl (C=O) groups excluding carboxylic acids is 1. The first-order valence-electron chi connectivity index (χ1n) is 12.1. The average molecular weight is 537 g/mol. The van der Waals surface area contributed by atoms with Crippen LogP contribution in [0, 0.1) is 20.2 Å². The lowest BCUT2D eigenvalue weighted by atomic mass is 9.99. The van der Waals surface area contributed by atoms with Gasteiger partial charge in [-0.15, -0.1) is 0 Å². The van der Waals surface area contributed by atoms with E-state index in [4.69, 9.17) is 14.2 Å². The molecule has 39 heavy (non-hydrogen) atoms. The van der Waals surface area contributed by atoms with Crippen LogP contribution in [0.5, 0.6) is 23.0 Å². The van der Waals surface area contributed by atoms with Crippen molar-refractivity contribution in [3.63, 3.8) is 0 Å². The maximum absolute atomic E-state index is 12.1. The van der Waals surface area contributed by atoms with Gasteiger partial charge in [-0.2, -0.15) is 5.10 Å². The molecular formula is C27H28N4O8. The summed E-state index contributed by atoms with van der Waals surface area (Å²) in [5, 5.41) is 26.3. The lowest BCUT2D eigenvalue weighted by molar-refractivity contribution is -0.394. The minimum atomic E-state index is -0.766. The Labute approximate surface area is 224 Å². The smallest absolute Gasteiger partial charge is 0.318 e. The molecule has 0 saturated carbocycles. The van der Waals surface area contributed by atoms with Crippen molar-refractivity contribution in [2.24, 2.45) is 5.10 Å². The average Bonchev–Trinajstić information content (AvgIpc) is 2.93. The number of hydrogen-bond acceptors (Lipinski definition) is 9. The third kappa shape index (κ3) is 7.99. The summed E-state index contributed by atoms with van der Waals surface area (Å²) in [5.74, 6) is 0.794. The number of amides is 1. The Morgan fingerprint density at radius 1 is 0.949 bits per heavy atom. The summed E-state index contributed by atoms with van der Waals surface area (Å²) in [5.41, 5.74) is 3.14. The Kier molecular flexibility index (Phi) is 9.90. The van der Waals surface area contributed by atoms with Crippen molar-refractivity contribution >= 4 is 23.5 Å². The van der Waals surface area contributed by atoms with Gasteiger partial charge in [0.05, 0.1) is 28.7 Å². The fraction of sp³-hybridized carbons (Fsp3) is 0.259. The zero-order chi connectivity index (χ0) is 28.4. The molecule has 0 spiro atoms. The summed E-state index contributed by atoms with van der Waals surface area (Å²) < 4.78 is 16.8. The van der Waals surface area contributed by atoms with E-state index >= 15 is 0 Å². The zero-order valence-electron chi connectivity index (χ0n) is 21.7. The highest BCUT2D eigenvalue weighted by molar-refractivity contribution is 5.83. The molecule has 0 aliphatic rings. The third-order valence-electron chi connectivity index (χ3n) is 5.67. The van der Waals surface area contributed by atoms with E-state index < -0.39 is 27.1 Å². The van der Waals surface area contributed by atoms with Gasteiger partial charge in [-0.3, -0.25) is 25.0 Å². The lowest BCUT2D eigenvalue weighted by Gasteiger charge is -2.12. The van der Waals surface area contributed by atoms with Crippen molar-refractivity contribution in [1.82, 2.24) is 5.43 Å². The molecule has 0 bridgehead atoms. The molecule has 0 saturated heterocycles. The maximum Gasteiger partial charge on any atom is 0.318 e. The fourth-order valence-corrected chi connectivity index (χ4v) is 3.41. The van der Waals surface area contributed by atoms with E-state index in [2.05, 4.69) is 24.4 Å². The molecule has 0 heterocycles. The molecule has 3 aromatic rings. The molecule has 0 aromatic heterocycles. The summed E-state index contributed by atoms with van der Waals surface area (Å²) in [7, 11) is 0. The Bertz CT molecular complexity index is 1360. The molecule has 1 unspecified atom stereocenters. The van der Waals surface area contributed by atoms with Gasteiger partial charge in [0.1, 0.15) is 5.75 Å². The van der Waals surface area contributed by atoms with Gasteiger partial charge in [-0.25, -0.2) is 5.43 Å².